The summed E-state index contributed by atoms with van der Waals surface area (Å²) < 4.78 is 0. The molecule has 21 heavy (non-hydrogen) atoms. The smallest absolute Gasteiger partial charge is 0.255 e. The van der Waals surface area contributed by atoms with Crippen LogP contribution >= 0.6 is 35.0 Å². The summed E-state index contributed by atoms with van der Waals surface area (Å²) in [5.74, 6) is -0.183. The van der Waals surface area contributed by atoms with Gasteiger partial charge in [-0.3, -0.25) is 14.8 Å². The van der Waals surface area contributed by atoms with Gasteiger partial charge >= 0.3 is 0 Å². The van der Waals surface area contributed by atoms with Crippen molar-refractivity contribution in [3.63, 3.8) is 0 Å². The zero-order valence-corrected chi connectivity index (χ0v) is 13.8. The van der Waals surface area contributed by atoms with Crippen molar-refractivity contribution in [3.05, 3.63) is 52.0 Å². The minimum atomic E-state index is -0.183. The Morgan fingerprint density at radius 3 is 2.67 bits per heavy atom. The molecule has 1 aromatic carbocycles. The molecule has 0 saturated heterocycles. The molecular weight excluding hydrogens is 329 g/mol. The van der Waals surface area contributed by atoms with E-state index in [1.165, 1.54) is 11.8 Å². The van der Waals surface area contributed by atoms with E-state index in [4.69, 9.17) is 23.2 Å². The van der Waals surface area contributed by atoms with Gasteiger partial charge in [0, 0.05) is 24.3 Å². The number of benzene rings is 1. The number of halogens is 2. The summed E-state index contributed by atoms with van der Waals surface area (Å²) in [7, 11) is 1.70. The molecule has 0 atom stereocenters. The molecule has 0 N–H and O–H groups in total. The molecule has 0 aliphatic heterocycles. The van der Waals surface area contributed by atoms with E-state index in [2.05, 4.69) is 9.97 Å². The quantitative estimate of drug-likeness (QED) is 0.794. The Hall–Kier alpha value is -1.30. The lowest BCUT2D eigenvalue weighted by Gasteiger charge is -2.18. The van der Waals surface area contributed by atoms with Crippen molar-refractivity contribution >= 4 is 40.9 Å². The van der Waals surface area contributed by atoms with Gasteiger partial charge in [0.25, 0.3) is 5.91 Å². The standard InChI is InChI=1S/C14H13Cl2N3OS/c1-19(8-9-7-17-3-4-18-9)14(20)10-5-13(21-2)12(16)6-11(10)15/h3-7H,8H2,1-2H3. The molecule has 0 saturated carbocycles. The lowest BCUT2D eigenvalue weighted by Crippen LogP contribution is -2.27. The Morgan fingerprint density at radius 1 is 1.29 bits per heavy atom. The largest absolute Gasteiger partial charge is 0.336 e. The van der Waals surface area contributed by atoms with E-state index in [1.54, 1.807) is 42.7 Å². The summed E-state index contributed by atoms with van der Waals surface area (Å²) in [6, 6.07) is 3.31. The molecule has 1 amide bonds. The van der Waals surface area contributed by atoms with Crippen LogP contribution in [0.3, 0.4) is 0 Å². The third kappa shape index (κ3) is 3.87. The van der Waals surface area contributed by atoms with Gasteiger partial charge in [-0.25, -0.2) is 0 Å². The Labute approximate surface area is 137 Å². The van der Waals surface area contributed by atoms with Gasteiger partial charge in [0.2, 0.25) is 0 Å². The number of hydrogen-bond donors (Lipinski definition) is 0. The molecule has 1 heterocycles. The normalized spacial score (nSPS) is 10.5. The number of aromatic nitrogens is 2. The van der Waals surface area contributed by atoms with E-state index in [9.17, 15) is 4.79 Å². The Morgan fingerprint density at radius 2 is 2.05 bits per heavy atom. The minimum absolute atomic E-state index is 0.183. The topological polar surface area (TPSA) is 46.1 Å². The molecule has 0 aliphatic carbocycles. The van der Waals surface area contributed by atoms with Crippen LogP contribution in [0.2, 0.25) is 10.0 Å². The molecule has 0 fully saturated rings. The number of nitrogens with zero attached hydrogens (tertiary/aromatic N) is 3. The first-order valence-corrected chi connectivity index (χ1v) is 8.04. The molecule has 0 spiro atoms. The van der Waals surface area contributed by atoms with Crippen LogP contribution in [-0.4, -0.2) is 34.1 Å². The van der Waals surface area contributed by atoms with Crippen LogP contribution in [0.1, 0.15) is 16.1 Å². The molecular formula is C14H13Cl2N3OS. The van der Waals surface area contributed by atoms with Crippen molar-refractivity contribution in [1.82, 2.24) is 14.9 Å². The molecule has 0 unspecified atom stereocenters. The van der Waals surface area contributed by atoms with E-state index in [0.717, 1.165) is 4.90 Å². The third-order valence-corrected chi connectivity index (χ3v) is 4.35. The predicted molar refractivity (Wildman–Crippen MR) is 86.1 cm³/mol. The van der Waals surface area contributed by atoms with Gasteiger partial charge in [0.1, 0.15) is 0 Å². The summed E-state index contributed by atoms with van der Waals surface area (Å²) in [5, 5.41) is 0.884. The fourth-order valence-electron chi connectivity index (χ4n) is 1.78. The minimum Gasteiger partial charge on any atom is -0.336 e. The number of hydrogen-bond acceptors (Lipinski definition) is 4. The average molecular weight is 342 g/mol. The first-order chi connectivity index (χ1) is 10.0. The summed E-state index contributed by atoms with van der Waals surface area (Å²) in [6.45, 7) is 0.361. The zero-order chi connectivity index (χ0) is 15.4. The fourth-order valence-corrected chi connectivity index (χ4v) is 2.97. The second-order valence-electron chi connectivity index (χ2n) is 4.32. The highest BCUT2D eigenvalue weighted by molar-refractivity contribution is 7.98. The first-order valence-electron chi connectivity index (χ1n) is 6.06. The molecule has 2 rings (SSSR count). The van der Waals surface area contributed by atoms with Crippen molar-refractivity contribution in [1.29, 1.82) is 0 Å². The van der Waals surface area contributed by atoms with Crippen LogP contribution in [-0.2, 0) is 6.54 Å². The summed E-state index contributed by atoms with van der Waals surface area (Å²) in [6.07, 6.45) is 6.70. The Bertz CT molecular complexity index is 652. The summed E-state index contributed by atoms with van der Waals surface area (Å²) in [5.41, 5.74) is 1.14. The number of carbonyl (C=O) groups excluding carboxylic acids is 1. The number of amides is 1. The lowest BCUT2D eigenvalue weighted by atomic mass is 10.2. The maximum Gasteiger partial charge on any atom is 0.255 e. The average Bonchev–Trinajstić information content (AvgIpc) is 2.48. The van der Waals surface area contributed by atoms with E-state index in [-0.39, 0.29) is 5.91 Å². The highest BCUT2D eigenvalue weighted by atomic mass is 35.5. The maximum absolute atomic E-state index is 12.5. The van der Waals surface area contributed by atoms with Gasteiger partial charge in [-0.15, -0.1) is 11.8 Å². The van der Waals surface area contributed by atoms with Crippen molar-refractivity contribution in [2.24, 2.45) is 0 Å². The van der Waals surface area contributed by atoms with Gasteiger partial charge in [-0.05, 0) is 18.4 Å². The Balaban J connectivity index is 2.23. The second-order valence-corrected chi connectivity index (χ2v) is 5.99. The molecule has 0 bridgehead atoms. The molecule has 0 radical (unpaired) electrons. The zero-order valence-electron chi connectivity index (χ0n) is 11.5. The molecule has 1 aromatic heterocycles. The van der Waals surface area contributed by atoms with Gasteiger partial charge in [-0.1, -0.05) is 23.2 Å². The SMILES string of the molecule is CSc1cc(C(=O)N(C)Cc2cnccn2)c(Cl)cc1Cl. The van der Waals surface area contributed by atoms with Crippen LogP contribution in [0, 0.1) is 0 Å². The van der Waals surface area contributed by atoms with Crippen LogP contribution in [0.25, 0.3) is 0 Å². The molecule has 110 valence electrons. The summed E-state index contributed by atoms with van der Waals surface area (Å²) >= 11 is 13.7. The molecule has 0 aliphatic rings. The third-order valence-electron chi connectivity index (χ3n) is 2.83. The van der Waals surface area contributed by atoms with Crippen LogP contribution in [0.15, 0.2) is 35.6 Å². The van der Waals surface area contributed by atoms with E-state index < -0.39 is 0 Å². The van der Waals surface area contributed by atoms with Crippen molar-refractivity contribution in [3.8, 4) is 0 Å². The predicted octanol–water partition coefficient (Wildman–Crippen LogP) is 3.78. The second kappa shape index (κ2) is 7.11. The monoisotopic (exact) mass is 341 g/mol. The van der Waals surface area contributed by atoms with Crippen LogP contribution < -0.4 is 0 Å². The van der Waals surface area contributed by atoms with E-state index in [1.807, 2.05) is 6.26 Å². The number of thioether (sulfide) groups is 1. The fraction of sp³-hybridized carbons (Fsp3) is 0.214. The lowest BCUT2D eigenvalue weighted by molar-refractivity contribution is 0.0783. The number of carbonyl (C=O) groups is 1. The van der Waals surface area contributed by atoms with E-state index in [0.29, 0.717) is 27.8 Å². The van der Waals surface area contributed by atoms with Crippen molar-refractivity contribution < 1.29 is 4.79 Å². The van der Waals surface area contributed by atoms with E-state index >= 15 is 0 Å². The Kier molecular flexibility index (Phi) is 5.45. The molecule has 4 nitrogen and oxygen atoms in total. The van der Waals surface area contributed by atoms with Crippen LogP contribution in [0.5, 0.6) is 0 Å². The number of rotatable bonds is 4. The first kappa shape index (κ1) is 16.1. The molecule has 2 aromatic rings. The van der Waals surface area contributed by atoms with Gasteiger partial charge < -0.3 is 4.90 Å². The summed E-state index contributed by atoms with van der Waals surface area (Å²) in [4.78, 5) is 23.0. The van der Waals surface area contributed by atoms with Crippen molar-refractivity contribution in [2.75, 3.05) is 13.3 Å². The van der Waals surface area contributed by atoms with Crippen LogP contribution in [0.4, 0.5) is 0 Å². The van der Waals surface area contributed by atoms with Gasteiger partial charge in [0.05, 0.1) is 34.0 Å². The van der Waals surface area contributed by atoms with Crippen molar-refractivity contribution in [2.45, 2.75) is 11.4 Å². The highest BCUT2D eigenvalue weighted by Gasteiger charge is 2.18. The molecule has 7 heteroatoms. The highest BCUT2D eigenvalue weighted by Crippen LogP contribution is 2.31. The van der Waals surface area contributed by atoms with Gasteiger partial charge in [0.15, 0.2) is 0 Å². The maximum atomic E-state index is 12.5. The van der Waals surface area contributed by atoms with Gasteiger partial charge in [-0.2, -0.15) is 0 Å².